The molecule has 5 heteroatoms. The third-order valence-electron chi connectivity index (χ3n) is 2.93. The molecule has 0 saturated carbocycles. The lowest BCUT2D eigenvalue weighted by Crippen LogP contribution is -2.33. The smallest absolute Gasteiger partial charge is 0.0964 e. The number of nitrogens with zero attached hydrogens (tertiary/aromatic N) is 3. The topological polar surface area (TPSA) is 52.0 Å². The molecule has 1 fully saturated rings. The molecule has 2 rings (SSSR count). The van der Waals surface area contributed by atoms with Gasteiger partial charge in [-0.1, -0.05) is 5.21 Å². The van der Waals surface area contributed by atoms with Gasteiger partial charge in [0, 0.05) is 32.4 Å². The van der Waals surface area contributed by atoms with E-state index in [1.807, 2.05) is 13.2 Å². The fourth-order valence-corrected chi connectivity index (χ4v) is 1.86. The van der Waals surface area contributed by atoms with Gasteiger partial charge in [-0.3, -0.25) is 4.68 Å². The van der Waals surface area contributed by atoms with E-state index in [0.29, 0.717) is 12.0 Å². The lowest BCUT2D eigenvalue weighted by molar-refractivity contribution is 0.178. The van der Waals surface area contributed by atoms with E-state index in [-0.39, 0.29) is 0 Å². The third-order valence-corrected chi connectivity index (χ3v) is 2.93. The van der Waals surface area contributed by atoms with E-state index in [9.17, 15) is 0 Å². The number of hydrogen-bond donors (Lipinski definition) is 1. The Balaban J connectivity index is 1.77. The van der Waals surface area contributed by atoms with E-state index in [1.54, 1.807) is 4.68 Å². The highest BCUT2D eigenvalue weighted by atomic mass is 16.5. The van der Waals surface area contributed by atoms with Gasteiger partial charge in [-0.15, -0.1) is 5.10 Å². The molecule has 1 aromatic heterocycles. The minimum Gasteiger partial charge on any atom is -0.381 e. The summed E-state index contributed by atoms with van der Waals surface area (Å²) in [4.78, 5) is 0. The maximum absolute atomic E-state index is 5.36. The highest BCUT2D eigenvalue weighted by Crippen LogP contribution is 2.16. The Hall–Kier alpha value is -0.940. The molecule has 0 spiro atoms. The van der Waals surface area contributed by atoms with E-state index in [2.05, 4.69) is 22.6 Å². The highest BCUT2D eigenvalue weighted by Gasteiger charge is 2.21. The van der Waals surface area contributed by atoms with E-state index in [0.717, 1.165) is 31.9 Å². The number of nitrogens with one attached hydrogen (secondary N) is 1. The highest BCUT2D eigenvalue weighted by molar-refractivity contribution is 4.92. The van der Waals surface area contributed by atoms with Crippen molar-refractivity contribution >= 4 is 0 Å². The lowest BCUT2D eigenvalue weighted by atomic mass is 10.0. The Morgan fingerprint density at radius 3 is 3.20 bits per heavy atom. The number of rotatable bonds is 4. The van der Waals surface area contributed by atoms with Crippen molar-refractivity contribution in [2.75, 3.05) is 13.2 Å². The van der Waals surface area contributed by atoms with Crippen LogP contribution in [0.1, 0.15) is 19.0 Å². The zero-order chi connectivity index (χ0) is 10.7. The molecule has 5 nitrogen and oxygen atoms in total. The van der Waals surface area contributed by atoms with E-state index in [4.69, 9.17) is 4.74 Å². The minimum atomic E-state index is 0.481. The lowest BCUT2D eigenvalue weighted by Gasteiger charge is -2.18. The monoisotopic (exact) mass is 210 g/mol. The first kappa shape index (κ1) is 10.6. The number of aromatic nitrogens is 3. The van der Waals surface area contributed by atoms with E-state index >= 15 is 0 Å². The average Bonchev–Trinajstić information content (AvgIpc) is 2.84. The molecule has 0 aliphatic carbocycles. The van der Waals surface area contributed by atoms with Crippen LogP contribution in [0, 0.1) is 5.92 Å². The van der Waals surface area contributed by atoms with Crippen molar-refractivity contribution in [3.05, 3.63) is 11.9 Å². The van der Waals surface area contributed by atoms with Crippen LogP contribution in [-0.2, 0) is 18.3 Å². The Morgan fingerprint density at radius 1 is 1.73 bits per heavy atom. The first-order valence-electron chi connectivity index (χ1n) is 5.42. The predicted molar refractivity (Wildman–Crippen MR) is 56.2 cm³/mol. The van der Waals surface area contributed by atoms with Crippen molar-refractivity contribution < 1.29 is 4.74 Å². The fourth-order valence-electron chi connectivity index (χ4n) is 1.86. The number of aryl methyl sites for hydroxylation is 1. The standard InChI is InChI=1S/C10H18N4O/c1-8(9-3-4-15-7-9)11-5-10-6-14(2)13-12-10/h6,8-9,11H,3-5,7H2,1-2H3. The number of hydrogen-bond acceptors (Lipinski definition) is 4. The van der Waals surface area contributed by atoms with Gasteiger partial charge in [-0.05, 0) is 19.3 Å². The van der Waals surface area contributed by atoms with Gasteiger partial charge >= 0.3 is 0 Å². The van der Waals surface area contributed by atoms with Crippen molar-refractivity contribution in [2.24, 2.45) is 13.0 Å². The van der Waals surface area contributed by atoms with Gasteiger partial charge in [0.25, 0.3) is 0 Å². The summed E-state index contributed by atoms with van der Waals surface area (Å²) in [6.07, 6.45) is 3.10. The largest absolute Gasteiger partial charge is 0.381 e. The van der Waals surface area contributed by atoms with Crippen molar-refractivity contribution in [1.82, 2.24) is 20.3 Å². The summed E-state index contributed by atoms with van der Waals surface area (Å²) in [6.45, 7) is 4.78. The molecule has 2 atom stereocenters. The molecule has 1 aromatic rings. The summed E-state index contributed by atoms with van der Waals surface area (Å²) < 4.78 is 7.08. The molecule has 0 radical (unpaired) electrons. The molecule has 1 aliphatic heterocycles. The van der Waals surface area contributed by atoms with Crippen LogP contribution in [0.25, 0.3) is 0 Å². The van der Waals surface area contributed by atoms with Gasteiger partial charge in [0.2, 0.25) is 0 Å². The average molecular weight is 210 g/mol. The molecule has 1 saturated heterocycles. The molecule has 1 aliphatic rings. The molecule has 0 aromatic carbocycles. The molecule has 84 valence electrons. The van der Waals surface area contributed by atoms with Crippen LogP contribution in [-0.4, -0.2) is 34.2 Å². The van der Waals surface area contributed by atoms with Crippen molar-refractivity contribution in [3.8, 4) is 0 Å². The normalized spacial score (nSPS) is 23.2. The van der Waals surface area contributed by atoms with Crippen LogP contribution in [0.3, 0.4) is 0 Å². The van der Waals surface area contributed by atoms with E-state index < -0.39 is 0 Å². The summed E-state index contributed by atoms with van der Waals surface area (Å²) in [5, 5.41) is 11.4. The molecular formula is C10H18N4O. The maximum Gasteiger partial charge on any atom is 0.0964 e. The van der Waals surface area contributed by atoms with Crippen LogP contribution in [0.5, 0.6) is 0 Å². The molecule has 15 heavy (non-hydrogen) atoms. The Morgan fingerprint density at radius 2 is 2.60 bits per heavy atom. The van der Waals surface area contributed by atoms with Gasteiger partial charge in [0.1, 0.15) is 0 Å². The summed E-state index contributed by atoms with van der Waals surface area (Å²) in [7, 11) is 1.88. The van der Waals surface area contributed by atoms with Gasteiger partial charge in [-0.25, -0.2) is 0 Å². The molecule has 0 amide bonds. The fraction of sp³-hybridized carbons (Fsp3) is 0.800. The minimum absolute atomic E-state index is 0.481. The molecule has 0 bridgehead atoms. The maximum atomic E-state index is 5.36. The van der Waals surface area contributed by atoms with Gasteiger partial charge in [0.05, 0.1) is 12.3 Å². The summed E-state index contributed by atoms with van der Waals surface area (Å²) in [5.41, 5.74) is 0.989. The first-order valence-corrected chi connectivity index (χ1v) is 5.42. The van der Waals surface area contributed by atoms with Crippen LogP contribution >= 0.6 is 0 Å². The van der Waals surface area contributed by atoms with Crippen LogP contribution in [0.15, 0.2) is 6.20 Å². The van der Waals surface area contributed by atoms with Crippen molar-refractivity contribution in [2.45, 2.75) is 25.9 Å². The second-order valence-corrected chi connectivity index (χ2v) is 4.18. The summed E-state index contributed by atoms with van der Waals surface area (Å²) >= 11 is 0. The third kappa shape index (κ3) is 2.76. The van der Waals surface area contributed by atoms with Crippen LogP contribution < -0.4 is 5.32 Å². The Labute approximate surface area is 89.8 Å². The second-order valence-electron chi connectivity index (χ2n) is 4.18. The summed E-state index contributed by atoms with van der Waals surface area (Å²) in [6, 6.07) is 0.481. The molecule has 2 unspecified atom stereocenters. The molecule has 1 N–H and O–H groups in total. The van der Waals surface area contributed by atoms with E-state index in [1.165, 1.54) is 0 Å². The molecule has 2 heterocycles. The SMILES string of the molecule is CC(NCc1cn(C)nn1)C1CCOC1. The van der Waals surface area contributed by atoms with Crippen LogP contribution in [0.4, 0.5) is 0 Å². The number of ether oxygens (including phenoxy) is 1. The van der Waals surface area contributed by atoms with Crippen molar-refractivity contribution in [3.63, 3.8) is 0 Å². The zero-order valence-electron chi connectivity index (χ0n) is 9.31. The van der Waals surface area contributed by atoms with Gasteiger partial charge in [0.15, 0.2) is 0 Å². The van der Waals surface area contributed by atoms with Gasteiger partial charge in [-0.2, -0.15) is 0 Å². The van der Waals surface area contributed by atoms with Crippen molar-refractivity contribution in [1.29, 1.82) is 0 Å². The summed E-state index contributed by atoms with van der Waals surface area (Å²) in [5.74, 6) is 0.640. The predicted octanol–water partition coefficient (Wildman–Crippen LogP) is 0.330. The Bertz CT molecular complexity index is 306. The quantitative estimate of drug-likeness (QED) is 0.778. The Kier molecular flexibility index (Phi) is 3.33. The zero-order valence-corrected chi connectivity index (χ0v) is 9.31. The molecular weight excluding hydrogens is 192 g/mol. The van der Waals surface area contributed by atoms with Gasteiger partial charge < -0.3 is 10.1 Å². The second kappa shape index (κ2) is 4.72. The first-order chi connectivity index (χ1) is 7.25. The van der Waals surface area contributed by atoms with Crippen LogP contribution in [0.2, 0.25) is 0 Å².